The lowest BCUT2D eigenvalue weighted by Crippen LogP contribution is -2.49. The number of nitrogens with one attached hydrogen (secondary N) is 1. The molecule has 6 heteroatoms. The van der Waals surface area contributed by atoms with Gasteiger partial charge in [0, 0.05) is 43.9 Å². The van der Waals surface area contributed by atoms with Crippen LogP contribution in [0.1, 0.15) is 28.8 Å². The van der Waals surface area contributed by atoms with Gasteiger partial charge in [0.05, 0.1) is 5.56 Å². The summed E-state index contributed by atoms with van der Waals surface area (Å²) in [7, 11) is 0. The number of carbonyl (C=O) groups is 2. The van der Waals surface area contributed by atoms with Crippen LogP contribution in [0.25, 0.3) is 0 Å². The maximum absolute atomic E-state index is 12.0. The third-order valence-corrected chi connectivity index (χ3v) is 4.34. The molecule has 0 unspecified atom stereocenters. The minimum atomic E-state index is -0.559. The monoisotopic (exact) mass is 308 g/mol. The first kappa shape index (κ1) is 14.2. The smallest absolute Gasteiger partial charge is 0.339 e. The maximum Gasteiger partial charge on any atom is 0.339 e. The molecule has 0 saturated carbocycles. The fourth-order valence-corrected chi connectivity index (χ4v) is 3.15. The van der Waals surface area contributed by atoms with E-state index in [0.717, 1.165) is 5.56 Å². The second-order valence-corrected chi connectivity index (χ2v) is 5.72. The first-order chi connectivity index (χ1) is 10.2. The molecule has 1 aromatic carbocycles. The van der Waals surface area contributed by atoms with E-state index in [0.29, 0.717) is 43.9 Å². The number of amides is 2. The predicted molar refractivity (Wildman–Crippen MR) is 78.5 cm³/mol. The number of piperidine rings is 1. The van der Waals surface area contributed by atoms with Crippen molar-refractivity contribution in [2.75, 3.05) is 25.5 Å². The Bertz CT molecular complexity index is 568. The highest BCUT2D eigenvalue weighted by Gasteiger charge is 2.47. The van der Waals surface area contributed by atoms with Crippen molar-refractivity contribution < 1.29 is 14.3 Å². The molecule has 0 aliphatic carbocycles. The number of benzene rings is 1. The standard InChI is InChI=1S/C15H17ClN2O3/c16-7-8-17-14(20)18-9-5-15(6-10-18)12-4-2-1-3-11(12)13(19)21-15/h1-4H,5-10H2,(H,17,20). The Kier molecular flexibility index (Phi) is 3.76. The minimum absolute atomic E-state index is 0.108. The van der Waals surface area contributed by atoms with Gasteiger partial charge in [0.1, 0.15) is 5.60 Å². The summed E-state index contributed by atoms with van der Waals surface area (Å²) < 4.78 is 5.65. The van der Waals surface area contributed by atoms with Crippen LogP contribution in [0, 0.1) is 0 Å². The molecule has 2 heterocycles. The number of rotatable bonds is 2. The molecular weight excluding hydrogens is 292 g/mol. The first-order valence-corrected chi connectivity index (χ1v) is 7.61. The summed E-state index contributed by atoms with van der Waals surface area (Å²) in [6, 6.07) is 7.40. The number of likely N-dealkylation sites (tertiary alicyclic amines) is 1. The number of fused-ring (bicyclic) bond motifs is 2. The van der Waals surface area contributed by atoms with E-state index >= 15 is 0 Å². The van der Waals surface area contributed by atoms with Crippen molar-refractivity contribution in [2.45, 2.75) is 18.4 Å². The van der Waals surface area contributed by atoms with Crippen LogP contribution >= 0.6 is 11.6 Å². The maximum atomic E-state index is 12.0. The summed E-state index contributed by atoms with van der Waals surface area (Å²) in [4.78, 5) is 25.6. The molecule has 2 aliphatic rings. The van der Waals surface area contributed by atoms with Gasteiger partial charge >= 0.3 is 12.0 Å². The van der Waals surface area contributed by atoms with Crippen molar-refractivity contribution in [1.29, 1.82) is 0 Å². The first-order valence-electron chi connectivity index (χ1n) is 7.08. The highest BCUT2D eigenvalue weighted by molar-refractivity contribution is 6.18. The number of urea groups is 1. The van der Waals surface area contributed by atoms with Crippen molar-refractivity contribution in [1.82, 2.24) is 10.2 Å². The minimum Gasteiger partial charge on any atom is -0.450 e. The number of nitrogens with zero attached hydrogens (tertiary/aromatic N) is 1. The molecule has 2 aliphatic heterocycles. The molecule has 2 amide bonds. The highest BCUT2D eigenvalue weighted by atomic mass is 35.5. The average molecular weight is 309 g/mol. The van der Waals surface area contributed by atoms with Gasteiger partial charge in [-0.3, -0.25) is 0 Å². The summed E-state index contributed by atoms with van der Waals surface area (Å²) in [5, 5.41) is 2.76. The summed E-state index contributed by atoms with van der Waals surface area (Å²) in [6.45, 7) is 1.59. The molecule has 0 bridgehead atoms. The Morgan fingerprint density at radius 3 is 2.76 bits per heavy atom. The molecule has 5 nitrogen and oxygen atoms in total. The Balaban J connectivity index is 1.72. The number of halogens is 1. The molecule has 1 aromatic rings. The van der Waals surface area contributed by atoms with Crippen LogP contribution < -0.4 is 5.32 Å². The van der Waals surface area contributed by atoms with Crippen molar-refractivity contribution >= 4 is 23.6 Å². The number of ether oxygens (including phenoxy) is 1. The van der Waals surface area contributed by atoms with Gasteiger partial charge in [0.2, 0.25) is 0 Å². The Labute approximate surface area is 128 Å². The van der Waals surface area contributed by atoms with E-state index in [1.165, 1.54) is 0 Å². The van der Waals surface area contributed by atoms with Gasteiger partial charge in [-0.2, -0.15) is 0 Å². The van der Waals surface area contributed by atoms with Crippen LogP contribution in [-0.4, -0.2) is 42.4 Å². The lowest BCUT2D eigenvalue weighted by molar-refractivity contribution is -0.0369. The molecule has 21 heavy (non-hydrogen) atoms. The Morgan fingerprint density at radius 2 is 2.05 bits per heavy atom. The van der Waals surface area contributed by atoms with Crippen molar-refractivity contribution in [3.63, 3.8) is 0 Å². The van der Waals surface area contributed by atoms with Crippen LogP contribution in [0.4, 0.5) is 4.79 Å². The van der Waals surface area contributed by atoms with E-state index < -0.39 is 5.60 Å². The summed E-state index contributed by atoms with van der Waals surface area (Å²) in [6.07, 6.45) is 1.26. The normalized spacial score (nSPS) is 19.3. The van der Waals surface area contributed by atoms with E-state index in [1.807, 2.05) is 18.2 Å². The summed E-state index contributed by atoms with van der Waals surface area (Å²) in [5.41, 5.74) is 1.05. The Hall–Kier alpha value is -1.75. The zero-order valence-corrected chi connectivity index (χ0v) is 12.4. The SMILES string of the molecule is O=C1OC2(CCN(C(=O)NCCCl)CC2)c2ccccc21. The van der Waals surface area contributed by atoms with Gasteiger partial charge in [-0.05, 0) is 6.07 Å². The van der Waals surface area contributed by atoms with Gasteiger partial charge in [-0.25, -0.2) is 9.59 Å². The molecule has 0 radical (unpaired) electrons. The second kappa shape index (κ2) is 5.56. The topological polar surface area (TPSA) is 58.6 Å². The number of alkyl halides is 1. The van der Waals surface area contributed by atoms with Crippen LogP contribution in [0.3, 0.4) is 0 Å². The lowest BCUT2D eigenvalue weighted by Gasteiger charge is -2.38. The van der Waals surface area contributed by atoms with Crippen molar-refractivity contribution in [2.24, 2.45) is 0 Å². The molecule has 112 valence electrons. The van der Waals surface area contributed by atoms with Gasteiger partial charge < -0.3 is 15.0 Å². The number of esters is 1. The molecule has 1 N–H and O–H groups in total. The quantitative estimate of drug-likeness (QED) is 0.672. The van der Waals surface area contributed by atoms with Crippen molar-refractivity contribution in [3.8, 4) is 0 Å². The van der Waals surface area contributed by atoms with Gasteiger partial charge in [-0.1, -0.05) is 18.2 Å². The highest BCUT2D eigenvalue weighted by Crippen LogP contribution is 2.43. The van der Waals surface area contributed by atoms with Gasteiger partial charge in [-0.15, -0.1) is 11.6 Å². The Morgan fingerprint density at radius 1 is 1.33 bits per heavy atom. The number of hydrogen-bond acceptors (Lipinski definition) is 3. The number of hydrogen-bond donors (Lipinski definition) is 1. The van der Waals surface area contributed by atoms with Crippen LogP contribution in [0.2, 0.25) is 0 Å². The van der Waals surface area contributed by atoms with Gasteiger partial charge in [0.15, 0.2) is 0 Å². The third-order valence-electron chi connectivity index (χ3n) is 4.15. The van der Waals surface area contributed by atoms with Gasteiger partial charge in [0.25, 0.3) is 0 Å². The number of carbonyl (C=O) groups excluding carboxylic acids is 2. The van der Waals surface area contributed by atoms with E-state index in [-0.39, 0.29) is 12.0 Å². The summed E-state index contributed by atoms with van der Waals surface area (Å²) >= 11 is 5.56. The van der Waals surface area contributed by atoms with Crippen LogP contribution in [-0.2, 0) is 10.3 Å². The largest absolute Gasteiger partial charge is 0.450 e. The van der Waals surface area contributed by atoms with Crippen LogP contribution in [0.15, 0.2) is 24.3 Å². The van der Waals surface area contributed by atoms with E-state index in [4.69, 9.17) is 16.3 Å². The second-order valence-electron chi connectivity index (χ2n) is 5.34. The van der Waals surface area contributed by atoms with E-state index in [2.05, 4.69) is 5.32 Å². The average Bonchev–Trinajstić information content (AvgIpc) is 2.79. The van der Waals surface area contributed by atoms with E-state index in [9.17, 15) is 9.59 Å². The third kappa shape index (κ3) is 2.46. The van der Waals surface area contributed by atoms with E-state index in [1.54, 1.807) is 11.0 Å². The molecular formula is C15H17ClN2O3. The predicted octanol–water partition coefficient (Wildman–Crippen LogP) is 2.10. The molecule has 0 aromatic heterocycles. The lowest BCUT2D eigenvalue weighted by atomic mass is 9.84. The molecule has 1 saturated heterocycles. The molecule has 3 rings (SSSR count). The molecule has 0 atom stereocenters. The zero-order valence-electron chi connectivity index (χ0n) is 11.6. The fraction of sp³-hybridized carbons (Fsp3) is 0.467. The molecule has 1 spiro atoms. The van der Waals surface area contributed by atoms with Crippen LogP contribution in [0.5, 0.6) is 0 Å². The zero-order chi connectivity index (χ0) is 14.9. The van der Waals surface area contributed by atoms with Crippen molar-refractivity contribution in [3.05, 3.63) is 35.4 Å². The molecule has 1 fully saturated rings. The summed E-state index contributed by atoms with van der Waals surface area (Å²) in [5.74, 6) is 0.139. The fourth-order valence-electron chi connectivity index (χ4n) is 3.05.